The number of ether oxygens (including phenoxy) is 2. The summed E-state index contributed by atoms with van der Waals surface area (Å²) in [6, 6.07) is -1.25. The standard InChI is InChI=1S/C12H19NO5/c1-5-6-17-11(16)10(15)8(13)7-9(14)18-12(2,3)4/h5,8H,1,6-7,13H2,2-4H3/t8-/m0/s1. The third kappa shape index (κ3) is 6.80. The number of esters is 2. The SMILES string of the molecule is C=CCOC(=O)C(=O)[C@@H](N)CC(=O)OC(C)(C)C. The van der Waals surface area contributed by atoms with Crippen LogP contribution in [0, 0.1) is 0 Å². The summed E-state index contributed by atoms with van der Waals surface area (Å²) in [5.74, 6) is -2.67. The van der Waals surface area contributed by atoms with Gasteiger partial charge in [0.25, 0.3) is 5.78 Å². The summed E-state index contributed by atoms with van der Waals surface area (Å²) in [7, 11) is 0. The number of carbonyl (C=O) groups excluding carboxylic acids is 3. The molecule has 0 aromatic carbocycles. The highest BCUT2D eigenvalue weighted by Gasteiger charge is 2.27. The maximum Gasteiger partial charge on any atom is 0.376 e. The molecule has 0 unspecified atom stereocenters. The Morgan fingerprint density at radius 1 is 1.33 bits per heavy atom. The molecular formula is C12H19NO5. The van der Waals surface area contributed by atoms with Crippen molar-refractivity contribution in [3.05, 3.63) is 12.7 Å². The summed E-state index contributed by atoms with van der Waals surface area (Å²) in [6.07, 6.45) is 0.962. The van der Waals surface area contributed by atoms with Gasteiger partial charge in [0.05, 0.1) is 12.5 Å². The summed E-state index contributed by atoms with van der Waals surface area (Å²) >= 11 is 0. The van der Waals surface area contributed by atoms with E-state index >= 15 is 0 Å². The highest BCUT2D eigenvalue weighted by atomic mass is 16.6. The van der Waals surface area contributed by atoms with Gasteiger partial charge in [-0.15, -0.1) is 0 Å². The molecule has 0 spiro atoms. The van der Waals surface area contributed by atoms with Crippen molar-refractivity contribution in [1.29, 1.82) is 0 Å². The molecule has 0 amide bonds. The minimum Gasteiger partial charge on any atom is -0.460 e. The van der Waals surface area contributed by atoms with Gasteiger partial charge in [-0.3, -0.25) is 9.59 Å². The van der Waals surface area contributed by atoms with Gasteiger partial charge in [0.2, 0.25) is 0 Å². The zero-order chi connectivity index (χ0) is 14.3. The number of nitrogens with two attached hydrogens (primary N) is 1. The van der Waals surface area contributed by atoms with Gasteiger partial charge >= 0.3 is 11.9 Å². The third-order valence-corrected chi connectivity index (χ3v) is 1.68. The number of Topliss-reactive ketones (excluding diaryl/α,β-unsaturated/α-hetero) is 1. The number of carbonyl (C=O) groups is 3. The second-order valence-corrected chi connectivity index (χ2v) is 4.65. The quantitative estimate of drug-likeness (QED) is 0.419. The molecule has 0 fully saturated rings. The van der Waals surface area contributed by atoms with Crippen LogP contribution in [0.25, 0.3) is 0 Å². The van der Waals surface area contributed by atoms with Crippen LogP contribution in [0.4, 0.5) is 0 Å². The van der Waals surface area contributed by atoms with Gasteiger partial charge < -0.3 is 15.2 Å². The van der Waals surface area contributed by atoms with Crippen LogP contribution in [0.2, 0.25) is 0 Å². The summed E-state index contributed by atoms with van der Waals surface area (Å²) in [6.45, 7) is 8.33. The second-order valence-electron chi connectivity index (χ2n) is 4.65. The normalized spacial score (nSPS) is 12.4. The van der Waals surface area contributed by atoms with Crippen LogP contribution in [-0.2, 0) is 23.9 Å². The molecule has 0 aliphatic heterocycles. The third-order valence-electron chi connectivity index (χ3n) is 1.68. The predicted molar refractivity (Wildman–Crippen MR) is 64.6 cm³/mol. The van der Waals surface area contributed by atoms with Gasteiger partial charge in [-0.1, -0.05) is 12.7 Å². The second kappa shape index (κ2) is 6.90. The van der Waals surface area contributed by atoms with Crippen molar-refractivity contribution in [3.8, 4) is 0 Å². The van der Waals surface area contributed by atoms with Crippen molar-refractivity contribution >= 4 is 17.7 Å². The molecule has 0 saturated carbocycles. The molecule has 0 aromatic rings. The zero-order valence-electron chi connectivity index (χ0n) is 10.9. The molecule has 0 aromatic heterocycles. The lowest BCUT2D eigenvalue weighted by atomic mass is 10.1. The van der Waals surface area contributed by atoms with Crippen molar-refractivity contribution in [1.82, 2.24) is 0 Å². The van der Waals surface area contributed by atoms with Gasteiger partial charge in [0, 0.05) is 0 Å². The van der Waals surface area contributed by atoms with E-state index in [0.717, 1.165) is 0 Å². The summed E-state index contributed by atoms with van der Waals surface area (Å²) in [5.41, 5.74) is 4.77. The van der Waals surface area contributed by atoms with Crippen LogP contribution < -0.4 is 5.73 Å². The Hall–Kier alpha value is -1.69. The topological polar surface area (TPSA) is 95.7 Å². The van der Waals surface area contributed by atoms with E-state index in [1.807, 2.05) is 0 Å². The minimum absolute atomic E-state index is 0.0796. The molecule has 1 atom stereocenters. The summed E-state index contributed by atoms with van der Waals surface area (Å²) < 4.78 is 9.50. The van der Waals surface area contributed by atoms with Crippen molar-refractivity contribution in [2.75, 3.05) is 6.61 Å². The smallest absolute Gasteiger partial charge is 0.376 e. The molecule has 0 saturated heterocycles. The van der Waals surface area contributed by atoms with E-state index in [2.05, 4.69) is 11.3 Å². The first kappa shape index (κ1) is 16.3. The molecule has 6 nitrogen and oxygen atoms in total. The molecule has 6 heteroatoms. The van der Waals surface area contributed by atoms with Crippen molar-refractivity contribution in [3.63, 3.8) is 0 Å². The van der Waals surface area contributed by atoms with E-state index < -0.39 is 29.4 Å². The average Bonchev–Trinajstić information content (AvgIpc) is 2.21. The zero-order valence-corrected chi connectivity index (χ0v) is 10.9. The summed E-state index contributed by atoms with van der Waals surface area (Å²) in [5, 5.41) is 0. The summed E-state index contributed by atoms with van der Waals surface area (Å²) in [4.78, 5) is 34.0. The highest BCUT2D eigenvalue weighted by Crippen LogP contribution is 2.09. The Morgan fingerprint density at radius 3 is 2.33 bits per heavy atom. The van der Waals surface area contributed by atoms with Crippen LogP contribution in [0.3, 0.4) is 0 Å². The van der Waals surface area contributed by atoms with E-state index in [9.17, 15) is 14.4 Å². The first-order valence-electron chi connectivity index (χ1n) is 5.46. The Morgan fingerprint density at radius 2 is 1.89 bits per heavy atom. The van der Waals surface area contributed by atoms with E-state index in [4.69, 9.17) is 10.5 Å². The minimum atomic E-state index is -1.25. The average molecular weight is 257 g/mol. The molecule has 0 radical (unpaired) electrons. The van der Waals surface area contributed by atoms with Crippen LogP contribution in [0.15, 0.2) is 12.7 Å². The lowest BCUT2D eigenvalue weighted by Gasteiger charge is -2.20. The number of hydrogen-bond acceptors (Lipinski definition) is 6. The van der Waals surface area contributed by atoms with Crippen molar-refractivity contribution < 1.29 is 23.9 Å². The predicted octanol–water partition coefficient (Wildman–Crippen LogP) is 0.344. The highest BCUT2D eigenvalue weighted by molar-refractivity contribution is 6.36. The molecule has 0 aliphatic carbocycles. The van der Waals surface area contributed by atoms with Crippen LogP contribution in [-0.4, -0.2) is 36.0 Å². The number of ketones is 1. The van der Waals surface area contributed by atoms with Gasteiger partial charge in [0.1, 0.15) is 12.2 Å². The van der Waals surface area contributed by atoms with E-state index in [0.29, 0.717) is 0 Å². The largest absolute Gasteiger partial charge is 0.460 e. The molecule has 0 rings (SSSR count). The Balaban J connectivity index is 4.27. The van der Waals surface area contributed by atoms with Gasteiger partial charge in [0.15, 0.2) is 0 Å². The molecule has 102 valence electrons. The maximum atomic E-state index is 11.4. The molecule has 0 heterocycles. The lowest BCUT2D eigenvalue weighted by Crippen LogP contribution is -2.40. The fourth-order valence-corrected chi connectivity index (χ4v) is 1.01. The molecule has 18 heavy (non-hydrogen) atoms. The Bertz CT molecular complexity index is 343. The first-order chi connectivity index (χ1) is 8.17. The van der Waals surface area contributed by atoms with Gasteiger partial charge in [-0.2, -0.15) is 0 Å². The van der Waals surface area contributed by atoms with E-state index in [-0.39, 0.29) is 13.0 Å². The van der Waals surface area contributed by atoms with E-state index in [1.165, 1.54) is 6.08 Å². The Kier molecular flexibility index (Phi) is 6.26. The van der Waals surface area contributed by atoms with Gasteiger partial charge in [-0.25, -0.2) is 4.79 Å². The Labute approximate surface area is 106 Å². The maximum absolute atomic E-state index is 11.4. The molecule has 2 N–H and O–H groups in total. The van der Waals surface area contributed by atoms with Crippen LogP contribution in [0.1, 0.15) is 27.2 Å². The van der Waals surface area contributed by atoms with Crippen molar-refractivity contribution in [2.24, 2.45) is 5.73 Å². The van der Waals surface area contributed by atoms with Gasteiger partial charge in [-0.05, 0) is 20.8 Å². The molecule has 0 aliphatic rings. The van der Waals surface area contributed by atoms with Crippen molar-refractivity contribution in [2.45, 2.75) is 38.8 Å². The van der Waals surface area contributed by atoms with E-state index in [1.54, 1.807) is 20.8 Å². The molecule has 0 bridgehead atoms. The fourth-order valence-electron chi connectivity index (χ4n) is 1.01. The fraction of sp³-hybridized carbons (Fsp3) is 0.583. The molecular weight excluding hydrogens is 238 g/mol. The monoisotopic (exact) mass is 257 g/mol. The van der Waals surface area contributed by atoms with Crippen LogP contribution in [0.5, 0.6) is 0 Å². The number of rotatable bonds is 6. The number of hydrogen-bond donors (Lipinski definition) is 1. The van der Waals surface area contributed by atoms with Crippen LogP contribution >= 0.6 is 0 Å². The first-order valence-corrected chi connectivity index (χ1v) is 5.46. The lowest BCUT2D eigenvalue weighted by molar-refractivity contribution is -0.158.